The van der Waals surface area contributed by atoms with Crippen LogP contribution in [0, 0.1) is 5.41 Å². The molecular formula is C18H20N2O3. The fourth-order valence-electron chi connectivity index (χ4n) is 2.20. The van der Waals surface area contributed by atoms with E-state index in [9.17, 15) is 9.59 Å². The number of carbonyl (C=O) groups excluding carboxylic acids is 1. The van der Waals surface area contributed by atoms with Crippen molar-refractivity contribution in [1.82, 2.24) is 4.98 Å². The van der Waals surface area contributed by atoms with Gasteiger partial charge in [0.15, 0.2) is 5.78 Å². The smallest absolute Gasteiger partial charge is 0.335 e. The molecule has 5 nitrogen and oxygen atoms in total. The molecule has 5 heteroatoms. The topological polar surface area (TPSA) is 79.3 Å². The molecule has 23 heavy (non-hydrogen) atoms. The van der Waals surface area contributed by atoms with Gasteiger partial charge >= 0.3 is 5.97 Å². The van der Waals surface area contributed by atoms with Gasteiger partial charge in [-0.25, -0.2) is 9.78 Å². The fourth-order valence-corrected chi connectivity index (χ4v) is 2.20. The molecule has 0 spiro atoms. The first-order valence-corrected chi connectivity index (χ1v) is 7.30. The largest absolute Gasteiger partial charge is 0.478 e. The molecule has 1 aromatic heterocycles. The first-order valence-electron chi connectivity index (χ1n) is 7.30. The van der Waals surface area contributed by atoms with Crippen molar-refractivity contribution in [3.63, 3.8) is 0 Å². The van der Waals surface area contributed by atoms with E-state index in [1.165, 1.54) is 12.1 Å². The number of Topliss-reactive ketones (excluding diaryl/α,β-unsaturated/α-hetero) is 1. The molecule has 0 aliphatic rings. The Morgan fingerprint density at radius 3 is 2.17 bits per heavy atom. The molecule has 0 saturated heterocycles. The summed E-state index contributed by atoms with van der Waals surface area (Å²) in [6, 6.07) is 8.29. The zero-order valence-electron chi connectivity index (χ0n) is 13.7. The van der Waals surface area contributed by atoms with E-state index in [1.807, 2.05) is 20.8 Å². The zero-order valence-corrected chi connectivity index (χ0v) is 13.7. The number of rotatable bonds is 4. The lowest BCUT2D eigenvalue weighted by atomic mass is 9.86. The molecule has 2 rings (SSSR count). The zero-order chi connectivity index (χ0) is 17.2. The molecule has 0 amide bonds. The molecule has 1 aromatic carbocycles. The molecule has 0 bridgehead atoms. The summed E-state index contributed by atoms with van der Waals surface area (Å²) >= 11 is 0. The second-order valence-electron chi connectivity index (χ2n) is 6.33. The summed E-state index contributed by atoms with van der Waals surface area (Å²) in [5.74, 6) is -0.432. The van der Waals surface area contributed by atoms with Crippen molar-refractivity contribution in [1.29, 1.82) is 0 Å². The molecule has 0 aliphatic carbocycles. The minimum atomic E-state index is -0.969. The predicted octanol–water partition coefficient (Wildman–Crippen LogP) is 3.72. The predicted molar refractivity (Wildman–Crippen MR) is 90.0 cm³/mol. The van der Waals surface area contributed by atoms with Crippen molar-refractivity contribution in [2.75, 3.05) is 12.4 Å². The highest BCUT2D eigenvalue weighted by Gasteiger charge is 2.26. The van der Waals surface area contributed by atoms with E-state index < -0.39 is 11.4 Å². The monoisotopic (exact) mass is 312 g/mol. The molecular weight excluding hydrogens is 292 g/mol. The van der Waals surface area contributed by atoms with Crippen LogP contribution in [0.5, 0.6) is 0 Å². The molecule has 0 unspecified atom stereocenters. The molecule has 0 aliphatic heterocycles. The number of hydrogen-bond donors (Lipinski definition) is 2. The van der Waals surface area contributed by atoms with Crippen LogP contribution in [0.1, 0.15) is 41.5 Å². The van der Waals surface area contributed by atoms with E-state index in [-0.39, 0.29) is 11.3 Å². The number of carbonyl (C=O) groups is 2. The van der Waals surface area contributed by atoms with Gasteiger partial charge in [0.25, 0.3) is 0 Å². The third-order valence-corrected chi connectivity index (χ3v) is 3.52. The lowest BCUT2D eigenvalue weighted by molar-refractivity contribution is 0.0696. The van der Waals surface area contributed by atoms with Crippen molar-refractivity contribution in [3.05, 3.63) is 47.7 Å². The van der Waals surface area contributed by atoms with Crippen molar-refractivity contribution in [2.24, 2.45) is 5.41 Å². The summed E-state index contributed by atoms with van der Waals surface area (Å²) in [6.07, 6.45) is 1.67. The van der Waals surface area contributed by atoms with Gasteiger partial charge in [-0.1, -0.05) is 32.9 Å². The van der Waals surface area contributed by atoms with Crippen LogP contribution < -0.4 is 5.32 Å². The van der Waals surface area contributed by atoms with Gasteiger partial charge in [0.2, 0.25) is 0 Å². The number of benzene rings is 1. The fraction of sp³-hybridized carbons (Fsp3) is 0.278. The van der Waals surface area contributed by atoms with Gasteiger partial charge in [-0.2, -0.15) is 0 Å². The summed E-state index contributed by atoms with van der Waals surface area (Å²) in [7, 11) is 1.73. The number of anilines is 1. The number of carboxylic acid groups (broad SMARTS) is 1. The summed E-state index contributed by atoms with van der Waals surface area (Å²) < 4.78 is 0. The molecule has 2 aromatic rings. The first kappa shape index (κ1) is 16.7. The van der Waals surface area contributed by atoms with E-state index in [4.69, 9.17) is 5.11 Å². The van der Waals surface area contributed by atoms with E-state index in [0.29, 0.717) is 11.4 Å². The van der Waals surface area contributed by atoms with Crippen molar-refractivity contribution in [3.8, 4) is 11.1 Å². The second-order valence-corrected chi connectivity index (χ2v) is 6.33. The quantitative estimate of drug-likeness (QED) is 0.841. The number of hydrogen-bond acceptors (Lipinski definition) is 4. The highest BCUT2D eigenvalue weighted by molar-refractivity contribution is 6.04. The minimum absolute atomic E-state index is 0.00152. The number of carboxylic acids is 1. The van der Waals surface area contributed by atoms with Crippen LogP contribution in [0.3, 0.4) is 0 Å². The Hall–Kier alpha value is -2.69. The maximum absolute atomic E-state index is 12.6. The normalized spacial score (nSPS) is 11.1. The van der Waals surface area contributed by atoms with Gasteiger partial charge in [0.05, 0.1) is 11.1 Å². The molecule has 2 N–H and O–H groups in total. The Balaban J connectivity index is 2.49. The number of ketones is 1. The number of pyridine rings is 1. The Labute approximate surface area is 135 Å². The number of nitrogens with one attached hydrogen (secondary N) is 1. The number of aromatic nitrogens is 1. The first-order chi connectivity index (χ1) is 10.7. The molecule has 120 valence electrons. The Morgan fingerprint density at radius 1 is 1.09 bits per heavy atom. The lowest BCUT2D eigenvalue weighted by Gasteiger charge is -2.19. The van der Waals surface area contributed by atoms with Gasteiger partial charge in [-0.3, -0.25) is 4.79 Å². The van der Waals surface area contributed by atoms with Gasteiger partial charge in [-0.15, -0.1) is 0 Å². The van der Waals surface area contributed by atoms with Crippen LogP contribution in [-0.4, -0.2) is 28.9 Å². The van der Waals surface area contributed by atoms with E-state index in [0.717, 1.165) is 11.1 Å². The molecule has 0 radical (unpaired) electrons. The molecule has 0 atom stereocenters. The maximum Gasteiger partial charge on any atom is 0.335 e. The lowest BCUT2D eigenvalue weighted by Crippen LogP contribution is -2.21. The van der Waals surface area contributed by atoms with E-state index >= 15 is 0 Å². The number of aromatic carboxylic acids is 1. The Kier molecular flexibility index (Phi) is 4.50. The van der Waals surface area contributed by atoms with Crippen LogP contribution in [0.15, 0.2) is 36.5 Å². The van der Waals surface area contributed by atoms with E-state index in [1.54, 1.807) is 31.4 Å². The van der Waals surface area contributed by atoms with Crippen LogP contribution in [0.4, 0.5) is 5.82 Å². The molecule has 1 heterocycles. The summed E-state index contributed by atoms with van der Waals surface area (Å²) in [6.45, 7) is 5.59. The average Bonchev–Trinajstić information content (AvgIpc) is 2.52. The number of nitrogens with zero attached hydrogens (tertiary/aromatic N) is 1. The van der Waals surface area contributed by atoms with Gasteiger partial charge in [0.1, 0.15) is 5.82 Å². The summed E-state index contributed by atoms with van der Waals surface area (Å²) in [5.41, 5.74) is 1.82. The van der Waals surface area contributed by atoms with Gasteiger partial charge in [-0.05, 0) is 23.8 Å². The average molecular weight is 312 g/mol. The van der Waals surface area contributed by atoms with Crippen LogP contribution in [0.25, 0.3) is 11.1 Å². The third kappa shape index (κ3) is 3.56. The van der Waals surface area contributed by atoms with Crippen molar-refractivity contribution in [2.45, 2.75) is 20.8 Å². The highest BCUT2D eigenvalue weighted by atomic mass is 16.4. The maximum atomic E-state index is 12.6. The SMILES string of the molecule is CNc1ncc(-c2ccc(C(=O)O)cc2)cc1C(=O)C(C)(C)C. The summed E-state index contributed by atoms with van der Waals surface area (Å²) in [4.78, 5) is 27.9. The Morgan fingerprint density at radius 2 is 1.70 bits per heavy atom. The van der Waals surface area contributed by atoms with Crippen molar-refractivity contribution < 1.29 is 14.7 Å². The standard InChI is InChI=1S/C18H20N2O3/c1-18(2,3)15(21)14-9-13(10-20-16(14)19-4)11-5-7-12(8-6-11)17(22)23/h5-10H,1-4H3,(H,19,20)(H,22,23). The van der Waals surface area contributed by atoms with Crippen LogP contribution in [0.2, 0.25) is 0 Å². The van der Waals surface area contributed by atoms with E-state index in [2.05, 4.69) is 10.3 Å². The third-order valence-electron chi connectivity index (χ3n) is 3.52. The van der Waals surface area contributed by atoms with Crippen LogP contribution in [-0.2, 0) is 0 Å². The highest BCUT2D eigenvalue weighted by Crippen LogP contribution is 2.29. The Bertz CT molecular complexity index is 744. The van der Waals surface area contributed by atoms with Gasteiger partial charge in [0, 0.05) is 24.2 Å². The summed E-state index contributed by atoms with van der Waals surface area (Å²) in [5, 5.41) is 11.9. The van der Waals surface area contributed by atoms with Gasteiger partial charge < -0.3 is 10.4 Å². The van der Waals surface area contributed by atoms with Crippen LogP contribution >= 0.6 is 0 Å². The minimum Gasteiger partial charge on any atom is -0.478 e. The second kappa shape index (κ2) is 6.20. The molecule has 0 fully saturated rings. The molecule has 0 saturated carbocycles. The van der Waals surface area contributed by atoms with Crippen molar-refractivity contribution >= 4 is 17.6 Å².